The van der Waals surface area contributed by atoms with Gasteiger partial charge in [-0.15, -0.1) is 0 Å². The van der Waals surface area contributed by atoms with Gasteiger partial charge in [-0.05, 0) is 31.0 Å². The maximum absolute atomic E-state index is 12.0. The fourth-order valence-electron chi connectivity index (χ4n) is 1.99. The molecule has 0 aliphatic carbocycles. The lowest BCUT2D eigenvalue weighted by Gasteiger charge is -2.12. The van der Waals surface area contributed by atoms with Gasteiger partial charge in [0.25, 0.3) is 0 Å². The summed E-state index contributed by atoms with van der Waals surface area (Å²) >= 11 is 0. The Balaban J connectivity index is 2.02. The Labute approximate surface area is 122 Å². The van der Waals surface area contributed by atoms with Crippen LogP contribution in [0.25, 0.3) is 0 Å². The summed E-state index contributed by atoms with van der Waals surface area (Å²) in [6.07, 6.45) is 1.95. The quantitative estimate of drug-likeness (QED) is 0.617. The standard InChI is InChI=1S/C14H18N4O3/c1-8-11(7-18(2)17-8)16-14(21)10(15)5-9-3-4-12(19)13(20)6-9/h3-4,6-7,10,19-20H,5,15H2,1-2H3,(H,16,21)/t10-/m0/s1. The van der Waals surface area contributed by atoms with E-state index in [0.717, 1.165) is 0 Å². The topological polar surface area (TPSA) is 113 Å². The Morgan fingerprint density at radius 3 is 2.71 bits per heavy atom. The van der Waals surface area contributed by atoms with E-state index in [9.17, 15) is 15.0 Å². The molecular weight excluding hydrogens is 272 g/mol. The predicted octanol–water partition coefficient (Wildman–Crippen LogP) is 0.648. The fraction of sp³-hybridized carbons (Fsp3) is 0.286. The van der Waals surface area contributed by atoms with Gasteiger partial charge in [-0.3, -0.25) is 9.48 Å². The van der Waals surface area contributed by atoms with Crippen LogP contribution in [-0.2, 0) is 18.3 Å². The van der Waals surface area contributed by atoms with Crippen molar-refractivity contribution >= 4 is 11.6 Å². The number of carbonyl (C=O) groups is 1. The first-order chi connectivity index (χ1) is 9.86. The smallest absolute Gasteiger partial charge is 0.241 e. The largest absolute Gasteiger partial charge is 0.504 e. The Morgan fingerprint density at radius 2 is 2.14 bits per heavy atom. The predicted molar refractivity (Wildman–Crippen MR) is 78.0 cm³/mol. The van der Waals surface area contributed by atoms with Crippen LogP contribution in [0.5, 0.6) is 11.5 Å². The summed E-state index contributed by atoms with van der Waals surface area (Å²) in [6, 6.07) is 3.59. The van der Waals surface area contributed by atoms with Gasteiger partial charge in [0.2, 0.25) is 5.91 Å². The number of carbonyl (C=O) groups excluding carboxylic acids is 1. The molecule has 1 heterocycles. The van der Waals surface area contributed by atoms with Crippen molar-refractivity contribution in [3.63, 3.8) is 0 Å². The van der Waals surface area contributed by atoms with Crippen LogP contribution in [-0.4, -0.2) is 31.9 Å². The van der Waals surface area contributed by atoms with E-state index in [-0.39, 0.29) is 23.8 Å². The zero-order chi connectivity index (χ0) is 15.6. The molecule has 1 amide bonds. The van der Waals surface area contributed by atoms with Crippen molar-refractivity contribution in [1.82, 2.24) is 9.78 Å². The van der Waals surface area contributed by atoms with Crippen molar-refractivity contribution in [3.05, 3.63) is 35.7 Å². The van der Waals surface area contributed by atoms with Crippen molar-refractivity contribution in [3.8, 4) is 11.5 Å². The number of hydrogen-bond donors (Lipinski definition) is 4. The minimum Gasteiger partial charge on any atom is -0.504 e. The van der Waals surface area contributed by atoms with Crippen LogP contribution in [0.15, 0.2) is 24.4 Å². The van der Waals surface area contributed by atoms with Crippen LogP contribution in [0.3, 0.4) is 0 Å². The molecule has 2 aromatic rings. The highest BCUT2D eigenvalue weighted by atomic mass is 16.3. The van der Waals surface area contributed by atoms with E-state index in [4.69, 9.17) is 5.73 Å². The Hall–Kier alpha value is -2.54. The number of nitrogens with one attached hydrogen (secondary N) is 1. The van der Waals surface area contributed by atoms with Crippen LogP contribution < -0.4 is 11.1 Å². The van der Waals surface area contributed by atoms with Crippen molar-refractivity contribution in [2.24, 2.45) is 12.8 Å². The number of phenols is 2. The van der Waals surface area contributed by atoms with Crippen molar-refractivity contribution in [1.29, 1.82) is 0 Å². The van der Waals surface area contributed by atoms with E-state index >= 15 is 0 Å². The van der Waals surface area contributed by atoms with E-state index in [1.807, 2.05) is 0 Å². The molecule has 1 aromatic carbocycles. The number of nitrogens with two attached hydrogens (primary N) is 1. The lowest BCUT2D eigenvalue weighted by atomic mass is 10.1. The maximum Gasteiger partial charge on any atom is 0.241 e. The first-order valence-corrected chi connectivity index (χ1v) is 6.44. The van der Waals surface area contributed by atoms with Crippen LogP contribution in [0, 0.1) is 6.92 Å². The highest BCUT2D eigenvalue weighted by Gasteiger charge is 2.16. The van der Waals surface area contributed by atoms with E-state index in [1.54, 1.807) is 30.9 Å². The second-order valence-electron chi connectivity index (χ2n) is 4.92. The van der Waals surface area contributed by atoms with E-state index in [1.165, 1.54) is 12.1 Å². The molecule has 0 aliphatic rings. The lowest BCUT2D eigenvalue weighted by Crippen LogP contribution is -2.37. The molecule has 1 aromatic heterocycles. The highest BCUT2D eigenvalue weighted by Crippen LogP contribution is 2.25. The minimum atomic E-state index is -0.770. The monoisotopic (exact) mass is 290 g/mol. The summed E-state index contributed by atoms with van der Waals surface area (Å²) in [6.45, 7) is 1.79. The molecule has 0 fully saturated rings. The summed E-state index contributed by atoms with van der Waals surface area (Å²) in [4.78, 5) is 12.0. The molecule has 0 saturated carbocycles. The molecule has 0 spiro atoms. The fourth-order valence-corrected chi connectivity index (χ4v) is 1.99. The van der Waals surface area contributed by atoms with Crippen molar-refractivity contribution < 1.29 is 15.0 Å². The molecule has 7 nitrogen and oxygen atoms in total. The summed E-state index contributed by atoms with van der Waals surface area (Å²) in [5, 5.41) is 25.5. The molecule has 5 N–H and O–H groups in total. The molecule has 0 saturated heterocycles. The van der Waals surface area contributed by atoms with Crippen LogP contribution in [0.2, 0.25) is 0 Å². The summed E-state index contributed by atoms with van der Waals surface area (Å²) in [7, 11) is 1.77. The van der Waals surface area contributed by atoms with Gasteiger partial charge in [0.05, 0.1) is 17.4 Å². The molecule has 21 heavy (non-hydrogen) atoms. The molecule has 112 valence electrons. The van der Waals surface area contributed by atoms with Gasteiger partial charge in [0.1, 0.15) is 0 Å². The molecule has 0 unspecified atom stereocenters. The molecule has 7 heteroatoms. The summed E-state index contributed by atoms with van der Waals surface area (Å²) in [5.74, 6) is -0.773. The van der Waals surface area contributed by atoms with Crippen molar-refractivity contribution in [2.45, 2.75) is 19.4 Å². The highest BCUT2D eigenvalue weighted by molar-refractivity contribution is 5.95. The SMILES string of the molecule is Cc1nn(C)cc1NC(=O)[C@@H](N)Cc1ccc(O)c(O)c1. The van der Waals surface area contributed by atoms with E-state index in [2.05, 4.69) is 10.4 Å². The number of phenolic OH excluding ortho intramolecular Hbond substituents is 2. The number of amides is 1. The number of aryl methyl sites for hydroxylation is 2. The number of aromatic nitrogens is 2. The van der Waals surface area contributed by atoms with Gasteiger partial charge in [-0.1, -0.05) is 6.07 Å². The molecule has 0 aliphatic heterocycles. The number of rotatable bonds is 4. The number of hydrogen-bond acceptors (Lipinski definition) is 5. The number of benzene rings is 1. The Kier molecular flexibility index (Phi) is 4.13. The zero-order valence-corrected chi connectivity index (χ0v) is 11.9. The maximum atomic E-state index is 12.0. The molecule has 1 atom stereocenters. The Morgan fingerprint density at radius 1 is 1.43 bits per heavy atom. The molecule has 2 rings (SSSR count). The number of aromatic hydroxyl groups is 2. The number of nitrogens with zero attached hydrogens (tertiary/aromatic N) is 2. The zero-order valence-electron chi connectivity index (χ0n) is 11.9. The third-order valence-corrected chi connectivity index (χ3v) is 3.10. The molecule has 0 radical (unpaired) electrons. The summed E-state index contributed by atoms with van der Waals surface area (Å²) < 4.78 is 1.61. The molecule has 0 bridgehead atoms. The van der Waals surface area contributed by atoms with Gasteiger partial charge < -0.3 is 21.3 Å². The van der Waals surface area contributed by atoms with Gasteiger partial charge in [0.15, 0.2) is 11.5 Å². The number of anilines is 1. The van der Waals surface area contributed by atoms with Crippen LogP contribution in [0.4, 0.5) is 5.69 Å². The first kappa shape index (κ1) is 14.9. The van der Waals surface area contributed by atoms with Crippen LogP contribution >= 0.6 is 0 Å². The first-order valence-electron chi connectivity index (χ1n) is 6.44. The molecular formula is C14H18N4O3. The van der Waals surface area contributed by atoms with Gasteiger partial charge >= 0.3 is 0 Å². The van der Waals surface area contributed by atoms with Gasteiger partial charge in [-0.2, -0.15) is 5.10 Å². The third-order valence-electron chi connectivity index (χ3n) is 3.10. The van der Waals surface area contributed by atoms with Crippen LogP contribution in [0.1, 0.15) is 11.3 Å². The Bertz CT molecular complexity index is 666. The third kappa shape index (κ3) is 3.51. The van der Waals surface area contributed by atoms with Crippen molar-refractivity contribution in [2.75, 3.05) is 5.32 Å². The van der Waals surface area contributed by atoms with E-state index in [0.29, 0.717) is 16.9 Å². The van der Waals surface area contributed by atoms with Gasteiger partial charge in [0, 0.05) is 13.2 Å². The second-order valence-corrected chi connectivity index (χ2v) is 4.92. The van der Waals surface area contributed by atoms with E-state index < -0.39 is 6.04 Å². The average Bonchev–Trinajstić information content (AvgIpc) is 2.72. The second kappa shape index (κ2) is 5.84. The normalized spacial score (nSPS) is 12.1. The minimum absolute atomic E-state index is 0.206. The average molecular weight is 290 g/mol. The summed E-state index contributed by atoms with van der Waals surface area (Å²) in [5.41, 5.74) is 7.85. The lowest BCUT2D eigenvalue weighted by molar-refractivity contribution is -0.117. The van der Waals surface area contributed by atoms with Gasteiger partial charge in [-0.25, -0.2) is 0 Å².